The molecule has 6 aromatic rings. The van der Waals surface area contributed by atoms with Gasteiger partial charge in [-0.15, -0.1) is 0 Å². The maximum absolute atomic E-state index is 13.5. The summed E-state index contributed by atoms with van der Waals surface area (Å²) in [6.07, 6.45) is 7.18. The highest BCUT2D eigenvalue weighted by Crippen LogP contribution is 2.35. The number of nitrogens with zero attached hydrogens (tertiary/aromatic N) is 8. The summed E-state index contributed by atoms with van der Waals surface area (Å²) in [7, 11) is 0. The molecule has 4 aliphatic heterocycles. The Kier molecular flexibility index (Phi) is 19.4. The van der Waals surface area contributed by atoms with Crippen molar-refractivity contribution < 1.29 is 47.5 Å². The first kappa shape index (κ1) is 56.0. The van der Waals surface area contributed by atoms with Crippen molar-refractivity contribution in [1.82, 2.24) is 39.2 Å². The van der Waals surface area contributed by atoms with Crippen LogP contribution >= 0.6 is 15.9 Å². The standard InChI is InChI=1S/C26H31FN4O5.C23H27FN4O3.C3H5BrO2.CH4/c1-16-19(26(34)31-10-2-3-21(25(31)28-16)35-14-9-23(32)33)8-13-30-11-6-17(7-12-30)24-20-5-4-18(27)15-22(20)36-29-24;1-14-17(23(30)28-9-2-3-19(29)22(28)25-14)8-12-27-10-6-15(7-11-27)21-18-5-4-16(24)13-20(18)31-26-21;4-2-1-3(5)6;/h4-5,15,17,21H,2-3,6-14H2,1H3,(H,32,33);4-5,13,15,19,29H,2-3,6-12H2,1H3;1-2H2,(H,5,6);1H4. The smallest absolute Gasteiger partial charge is 0.305 e. The molecule has 0 radical (unpaired) electrons. The SMILES string of the molecule is C.Cc1nc2n(c(=O)c1CCN1CCC(c3noc4cc(F)ccc34)CC1)CCCC2O.Cc1nc2n(c(=O)c1CCN1CCC(c3noc4cc(F)ccc34)CC1)CCCC2OCCC(=O)O.O=C(O)CCBr. The number of alkyl halides is 1. The number of rotatable bonds is 14. The van der Waals surface area contributed by atoms with Crippen molar-refractivity contribution in [3.05, 3.63) is 114 Å². The van der Waals surface area contributed by atoms with Gasteiger partial charge in [0.1, 0.15) is 35.5 Å². The van der Waals surface area contributed by atoms with Crippen LogP contribution in [0.25, 0.3) is 21.9 Å². The van der Waals surface area contributed by atoms with Crippen molar-refractivity contribution in [3.63, 3.8) is 0 Å². The Labute approximate surface area is 435 Å². The minimum absolute atomic E-state index is 0. The number of aliphatic carboxylic acids is 2. The lowest BCUT2D eigenvalue weighted by atomic mass is 9.91. The quantitative estimate of drug-likeness (QED) is 0.0873. The van der Waals surface area contributed by atoms with E-state index < -0.39 is 18.0 Å². The van der Waals surface area contributed by atoms with Crippen LogP contribution in [-0.4, -0.2) is 118 Å². The van der Waals surface area contributed by atoms with E-state index in [0.29, 0.717) is 66.4 Å². The van der Waals surface area contributed by atoms with Gasteiger partial charge in [0.25, 0.3) is 11.1 Å². The van der Waals surface area contributed by atoms with Crippen LogP contribution in [0.1, 0.15) is 141 Å². The van der Waals surface area contributed by atoms with E-state index in [0.717, 1.165) is 129 Å². The predicted octanol–water partition coefficient (Wildman–Crippen LogP) is 8.15. The highest BCUT2D eigenvalue weighted by molar-refractivity contribution is 9.09. The minimum Gasteiger partial charge on any atom is -0.481 e. The van der Waals surface area contributed by atoms with Crippen LogP contribution < -0.4 is 11.1 Å². The fourth-order valence-corrected chi connectivity index (χ4v) is 10.8. The second-order valence-electron chi connectivity index (χ2n) is 19.3. The maximum atomic E-state index is 13.5. The molecular weight excluding hydrogens is 1030 g/mol. The van der Waals surface area contributed by atoms with Gasteiger partial charge in [0.2, 0.25) is 0 Å². The topological polar surface area (TPSA) is 232 Å². The molecule has 0 aliphatic carbocycles. The van der Waals surface area contributed by atoms with Gasteiger partial charge in [-0.3, -0.25) is 28.3 Å². The van der Waals surface area contributed by atoms with Crippen molar-refractivity contribution in [2.24, 2.45) is 0 Å². The molecule has 0 bridgehead atoms. The lowest BCUT2D eigenvalue weighted by Crippen LogP contribution is -2.38. The molecule has 21 heteroatoms. The molecule has 2 fully saturated rings. The summed E-state index contributed by atoms with van der Waals surface area (Å²) in [5.41, 5.74) is 5.72. The van der Waals surface area contributed by atoms with E-state index in [9.17, 15) is 33.1 Å². The maximum Gasteiger partial charge on any atom is 0.305 e. The average molecular weight is 1090 g/mol. The van der Waals surface area contributed by atoms with Crippen molar-refractivity contribution >= 4 is 49.8 Å². The number of halogens is 3. The molecule has 74 heavy (non-hydrogen) atoms. The first-order chi connectivity index (χ1) is 35.2. The zero-order valence-electron chi connectivity index (χ0n) is 41.2. The van der Waals surface area contributed by atoms with Gasteiger partial charge in [0.05, 0.1) is 30.8 Å². The number of hydrogen-bond donors (Lipinski definition) is 3. The van der Waals surface area contributed by atoms with E-state index in [2.05, 4.69) is 41.0 Å². The molecule has 0 amide bonds. The number of hydrogen-bond acceptors (Lipinski definition) is 14. The van der Waals surface area contributed by atoms with Crippen LogP contribution in [0.4, 0.5) is 8.78 Å². The molecule has 2 atom stereocenters. The molecule has 2 saturated heterocycles. The number of piperidine rings is 2. The Bertz CT molecular complexity index is 3020. The molecule has 18 nitrogen and oxygen atoms in total. The third-order valence-electron chi connectivity index (χ3n) is 14.5. The molecule has 10 rings (SSSR count). The largest absolute Gasteiger partial charge is 0.481 e. The molecule has 400 valence electrons. The number of fused-ring (bicyclic) bond motifs is 4. The number of carboxylic acid groups (broad SMARTS) is 2. The summed E-state index contributed by atoms with van der Waals surface area (Å²) in [6, 6.07) is 9.13. The fraction of sp³-hybridized carbons (Fsp3) is 0.547. The molecule has 0 spiro atoms. The van der Waals surface area contributed by atoms with Crippen LogP contribution in [0.3, 0.4) is 0 Å². The normalized spacial score (nSPS) is 18.4. The molecule has 3 N–H and O–H groups in total. The van der Waals surface area contributed by atoms with Gasteiger partial charge in [0, 0.05) is 88.8 Å². The number of likely N-dealkylation sites (tertiary alicyclic amines) is 2. The molecule has 2 aromatic carbocycles. The Hall–Kier alpha value is -5.74. The zero-order chi connectivity index (χ0) is 51.8. The van der Waals surface area contributed by atoms with Crippen LogP contribution in [0.5, 0.6) is 0 Å². The number of carboxylic acids is 2. The van der Waals surface area contributed by atoms with Gasteiger partial charge in [0.15, 0.2) is 11.2 Å². The van der Waals surface area contributed by atoms with Crippen LogP contribution in [0.15, 0.2) is 55.0 Å². The monoisotopic (exact) mass is 1090 g/mol. The van der Waals surface area contributed by atoms with E-state index in [1.165, 1.54) is 24.3 Å². The van der Waals surface area contributed by atoms with E-state index >= 15 is 0 Å². The lowest BCUT2D eigenvalue weighted by molar-refractivity contribution is -0.139. The Morgan fingerprint density at radius 3 is 1.61 bits per heavy atom. The number of benzene rings is 2. The zero-order valence-corrected chi connectivity index (χ0v) is 42.8. The Morgan fingerprint density at radius 1 is 0.689 bits per heavy atom. The van der Waals surface area contributed by atoms with Crippen molar-refractivity contribution in [3.8, 4) is 0 Å². The predicted molar refractivity (Wildman–Crippen MR) is 276 cm³/mol. The number of aliphatic hydroxyl groups is 1. The van der Waals surface area contributed by atoms with Crippen LogP contribution in [0, 0.1) is 25.5 Å². The van der Waals surface area contributed by atoms with E-state index in [1.807, 2.05) is 13.8 Å². The highest BCUT2D eigenvalue weighted by Gasteiger charge is 2.30. The van der Waals surface area contributed by atoms with Gasteiger partial charge < -0.3 is 38.9 Å². The van der Waals surface area contributed by atoms with Crippen molar-refractivity contribution in [2.45, 2.75) is 135 Å². The van der Waals surface area contributed by atoms with Crippen molar-refractivity contribution in [1.29, 1.82) is 0 Å². The number of aliphatic hydroxyl groups excluding tert-OH is 1. The Balaban J connectivity index is 0.000000194. The number of ether oxygens (including phenoxy) is 1. The summed E-state index contributed by atoms with van der Waals surface area (Å²) in [5.74, 6) is -0.627. The third kappa shape index (κ3) is 13.4. The van der Waals surface area contributed by atoms with Gasteiger partial charge in [-0.25, -0.2) is 18.7 Å². The van der Waals surface area contributed by atoms with E-state index in [4.69, 9.17) is 29.0 Å². The van der Waals surface area contributed by atoms with E-state index in [1.54, 1.807) is 21.3 Å². The first-order valence-electron chi connectivity index (χ1n) is 25.2. The number of aromatic nitrogens is 6. The molecule has 8 heterocycles. The highest BCUT2D eigenvalue weighted by atomic mass is 79.9. The first-order valence-corrected chi connectivity index (χ1v) is 26.3. The summed E-state index contributed by atoms with van der Waals surface area (Å²) < 4.78 is 46.7. The average Bonchev–Trinajstić information content (AvgIpc) is 3.99. The third-order valence-corrected chi connectivity index (χ3v) is 14.9. The van der Waals surface area contributed by atoms with Gasteiger partial charge in [-0.05, 0) is 129 Å². The lowest BCUT2D eigenvalue weighted by Gasteiger charge is -2.31. The van der Waals surface area contributed by atoms with Gasteiger partial charge >= 0.3 is 11.9 Å². The molecule has 2 unspecified atom stereocenters. The molecule has 4 aromatic heterocycles. The number of carbonyl (C=O) groups is 2. The number of aryl methyl sites for hydroxylation is 2. The van der Waals surface area contributed by atoms with Crippen LogP contribution in [0.2, 0.25) is 0 Å². The van der Waals surface area contributed by atoms with E-state index in [-0.39, 0.29) is 61.7 Å². The summed E-state index contributed by atoms with van der Waals surface area (Å²) >= 11 is 2.97. The van der Waals surface area contributed by atoms with Crippen LogP contribution in [-0.2, 0) is 40.3 Å². The summed E-state index contributed by atoms with van der Waals surface area (Å²) in [6.45, 7) is 10.2. The molecule has 4 aliphatic rings. The summed E-state index contributed by atoms with van der Waals surface area (Å²) in [4.78, 5) is 60.6. The van der Waals surface area contributed by atoms with Gasteiger partial charge in [-0.1, -0.05) is 33.7 Å². The molecular formula is C53H67BrF2N8O10. The molecule has 0 saturated carbocycles. The fourth-order valence-electron chi connectivity index (χ4n) is 10.5. The van der Waals surface area contributed by atoms with Gasteiger partial charge in [-0.2, -0.15) is 0 Å². The second kappa shape index (κ2) is 25.7. The van der Waals surface area contributed by atoms with Crippen molar-refractivity contribution in [2.75, 3.05) is 51.2 Å². The Morgan fingerprint density at radius 2 is 1.15 bits per heavy atom. The summed E-state index contributed by atoms with van der Waals surface area (Å²) in [5, 5.41) is 37.7. The second-order valence-corrected chi connectivity index (χ2v) is 20.1. The minimum atomic E-state index is -0.906.